The number of benzene rings is 3. The Bertz CT molecular complexity index is 1370. The quantitative estimate of drug-likeness (QED) is 0.299. The molecular weight excluding hydrogens is 537 g/mol. The number of nitrogens with zero attached hydrogens (tertiary/aromatic N) is 1. The van der Waals surface area contributed by atoms with Gasteiger partial charge in [-0.05, 0) is 64.9 Å². The fraction of sp³-hybridized carbons (Fsp3) is 0.296. The third-order valence-electron chi connectivity index (χ3n) is 6.76. The first-order valence-corrected chi connectivity index (χ1v) is 14.3. The maximum atomic E-state index is 13.5. The molecule has 9 heteroatoms. The summed E-state index contributed by atoms with van der Waals surface area (Å²) in [6, 6.07) is 18.6. The fourth-order valence-corrected chi connectivity index (χ4v) is 5.94. The van der Waals surface area contributed by atoms with Crippen LogP contribution in [0.25, 0.3) is 0 Å². The Morgan fingerprint density at radius 1 is 1.00 bits per heavy atom. The summed E-state index contributed by atoms with van der Waals surface area (Å²) < 4.78 is 29.8. The number of hydrogen-bond donors (Lipinski definition) is 2. The van der Waals surface area contributed by atoms with E-state index in [1.54, 1.807) is 30.3 Å². The highest BCUT2D eigenvalue weighted by Crippen LogP contribution is 2.34. The number of sulfonamides is 1. The molecule has 0 radical (unpaired) electrons. The van der Waals surface area contributed by atoms with Gasteiger partial charge in [0, 0.05) is 21.5 Å². The van der Waals surface area contributed by atoms with Crippen LogP contribution < -0.4 is 10.1 Å². The van der Waals surface area contributed by atoms with Gasteiger partial charge in [-0.3, -0.25) is 0 Å². The normalized spacial score (nSPS) is 16.9. The Morgan fingerprint density at radius 3 is 2.25 bits per heavy atom. The predicted molar refractivity (Wildman–Crippen MR) is 149 cm³/mol. The first kappa shape index (κ1) is 27.0. The van der Waals surface area contributed by atoms with Gasteiger partial charge in [0.1, 0.15) is 0 Å². The SMILES string of the molecule is CCC(C)(C)c1ccc(S(=O)(=O)NC(C2=NNC(c3ccc(Cl)cc3)C2)c2ccc(Cl)cc2Cl)cc1. The molecule has 190 valence electrons. The predicted octanol–water partition coefficient (Wildman–Crippen LogP) is 7.44. The Balaban J connectivity index is 1.65. The smallest absolute Gasteiger partial charge is 0.241 e. The summed E-state index contributed by atoms with van der Waals surface area (Å²) in [5.74, 6) is 0. The summed E-state index contributed by atoms with van der Waals surface area (Å²) in [6.07, 6.45) is 1.42. The maximum absolute atomic E-state index is 13.5. The topological polar surface area (TPSA) is 70.6 Å². The minimum Gasteiger partial charge on any atom is -0.302 e. The Hall–Kier alpha value is -2.09. The first-order chi connectivity index (χ1) is 17.0. The van der Waals surface area contributed by atoms with Crippen molar-refractivity contribution < 1.29 is 8.42 Å². The average molecular weight is 565 g/mol. The van der Waals surface area contributed by atoms with Crippen molar-refractivity contribution >= 4 is 50.5 Å². The third-order valence-corrected chi connectivity index (χ3v) is 9.01. The van der Waals surface area contributed by atoms with Crippen LogP contribution in [0.5, 0.6) is 0 Å². The number of rotatable bonds is 8. The molecule has 1 aliphatic heterocycles. The number of halogens is 3. The molecule has 0 spiro atoms. The van der Waals surface area contributed by atoms with Gasteiger partial charge in [0.25, 0.3) is 0 Å². The van der Waals surface area contributed by atoms with Gasteiger partial charge in [0.2, 0.25) is 10.0 Å². The van der Waals surface area contributed by atoms with Gasteiger partial charge in [0.05, 0.1) is 22.7 Å². The van der Waals surface area contributed by atoms with E-state index in [4.69, 9.17) is 34.8 Å². The third kappa shape index (κ3) is 5.90. The van der Waals surface area contributed by atoms with E-state index < -0.39 is 16.1 Å². The Morgan fingerprint density at radius 2 is 1.64 bits per heavy atom. The van der Waals surface area contributed by atoms with E-state index >= 15 is 0 Å². The van der Waals surface area contributed by atoms with E-state index in [0.29, 0.717) is 32.8 Å². The molecule has 36 heavy (non-hydrogen) atoms. The highest BCUT2D eigenvalue weighted by atomic mass is 35.5. The van der Waals surface area contributed by atoms with Crippen LogP contribution in [0.2, 0.25) is 15.1 Å². The standard InChI is InChI=1S/C27H28Cl3N3O2S/c1-4-27(2,3)18-7-12-21(13-8-18)36(34,35)33-26(22-14-11-20(29)15-23(22)30)25-16-24(31-32-25)17-5-9-19(28)10-6-17/h5-15,24,26,31,33H,4,16H2,1-3H3. The van der Waals surface area contributed by atoms with Crippen LogP contribution in [-0.2, 0) is 15.4 Å². The highest BCUT2D eigenvalue weighted by molar-refractivity contribution is 7.89. The van der Waals surface area contributed by atoms with Crippen molar-refractivity contribution in [2.45, 2.75) is 56.0 Å². The first-order valence-electron chi connectivity index (χ1n) is 11.7. The second-order valence-electron chi connectivity index (χ2n) is 9.52. The van der Waals surface area contributed by atoms with Crippen LogP contribution in [0.1, 0.15) is 62.4 Å². The summed E-state index contributed by atoms with van der Waals surface area (Å²) in [4.78, 5) is 0.175. The molecule has 3 aromatic rings. The van der Waals surface area contributed by atoms with Gasteiger partial charge < -0.3 is 5.43 Å². The van der Waals surface area contributed by atoms with Crippen LogP contribution in [-0.4, -0.2) is 14.1 Å². The van der Waals surface area contributed by atoms with Crippen LogP contribution in [0, 0.1) is 0 Å². The van der Waals surface area contributed by atoms with Gasteiger partial charge in [-0.25, -0.2) is 8.42 Å². The number of nitrogens with one attached hydrogen (secondary N) is 2. The molecule has 4 rings (SSSR count). The molecule has 0 aromatic heterocycles. The van der Waals surface area contributed by atoms with Crippen molar-refractivity contribution in [3.63, 3.8) is 0 Å². The molecule has 0 saturated heterocycles. The molecule has 3 aromatic carbocycles. The lowest BCUT2D eigenvalue weighted by molar-refractivity contribution is 0.505. The summed E-state index contributed by atoms with van der Waals surface area (Å²) >= 11 is 18.7. The molecular formula is C27H28Cl3N3O2S. The lowest BCUT2D eigenvalue weighted by atomic mass is 9.82. The second kappa shape index (κ2) is 10.7. The highest BCUT2D eigenvalue weighted by Gasteiger charge is 2.32. The zero-order valence-electron chi connectivity index (χ0n) is 20.2. The van der Waals surface area contributed by atoms with Gasteiger partial charge >= 0.3 is 0 Å². The minimum atomic E-state index is -3.90. The van der Waals surface area contributed by atoms with Crippen LogP contribution in [0.3, 0.4) is 0 Å². The van der Waals surface area contributed by atoms with Gasteiger partial charge in [-0.1, -0.05) is 85.9 Å². The summed E-state index contributed by atoms with van der Waals surface area (Å²) in [6.45, 7) is 6.38. The molecule has 0 fully saturated rings. The monoisotopic (exact) mass is 563 g/mol. The maximum Gasteiger partial charge on any atom is 0.241 e. The van der Waals surface area contributed by atoms with Crippen LogP contribution >= 0.6 is 34.8 Å². The summed E-state index contributed by atoms with van der Waals surface area (Å²) in [5, 5.41) is 5.97. The Kier molecular flexibility index (Phi) is 8.03. The van der Waals surface area contributed by atoms with Crippen molar-refractivity contribution in [2.75, 3.05) is 0 Å². The number of hydrogen-bond acceptors (Lipinski definition) is 4. The fourth-order valence-electron chi connectivity index (χ4n) is 4.09. The molecule has 0 bridgehead atoms. The van der Waals surface area contributed by atoms with Gasteiger partial charge in [-0.2, -0.15) is 9.82 Å². The van der Waals surface area contributed by atoms with Crippen molar-refractivity contribution in [1.82, 2.24) is 10.1 Å². The van der Waals surface area contributed by atoms with Crippen molar-refractivity contribution in [2.24, 2.45) is 5.10 Å². The zero-order chi connectivity index (χ0) is 26.1. The van der Waals surface area contributed by atoms with E-state index in [1.807, 2.05) is 36.4 Å². The van der Waals surface area contributed by atoms with Gasteiger partial charge in [-0.15, -0.1) is 0 Å². The molecule has 1 heterocycles. The molecule has 2 unspecified atom stereocenters. The van der Waals surface area contributed by atoms with E-state index in [2.05, 4.69) is 36.0 Å². The summed E-state index contributed by atoms with van der Waals surface area (Å²) in [7, 11) is -3.90. The molecule has 5 nitrogen and oxygen atoms in total. The molecule has 1 aliphatic rings. The van der Waals surface area contributed by atoms with Gasteiger partial charge in [0.15, 0.2) is 0 Å². The second-order valence-corrected chi connectivity index (χ2v) is 12.5. The molecule has 2 atom stereocenters. The largest absolute Gasteiger partial charge is 0.302 e. The lowest BCUT2D eigenvalue weighted by Gasteiger charge is -2.24. The lowest BCUT2D eigenvalue weighted by Crippen LogP contribution is -2.34. The minimum absolute atomic E-state index is 0.0456. The summed E-state index contributed by atoms with van der Waals surface area (Å²) in [5.41, 5.74) is 6.34. The van der Waals surface area contributed by atoms with Crippen molar-refractivity contribution in [3.8, 4) is 0 Å². The van der Waals surface area contributed by atoms with Crippen molar-refractivity contribution in [3.05, 3.63) is 98.5 Å². The Labute approximate surface area is 227 Å². The number of hydrazone groups is 1. The molecule has 0 amide bonds. The molecule has 0 saturated carbocycles. The molecule has 0 aliphatic carbocycles. The molecule has 2 N–H and O–H groups in total. The van der Waals surface area contributed by atoms with E-state index in [9.17, 15) is 8.42 Å². The van der Waals surface area contributed by atoms with Crippen molar-refractivity contribution in [1.29, 1.82) is 0 Å². The van der Waals surface area contributed by atoms with E-state index in [1.165, 1.54) is 0 Å². The van der Waals surface area contributed by atoms with Crippen LogP contribution in [0.15, 0.2) is 76.7 Å². The van der Waals surface area contributed by atoms with E-state index in [0.717, 1.165) is 17.5 Å². The average Bonchev–Trinajstić information content (AvgIpc) is 3.33. The van der Waals surface area contributed by atoms with Crippen LogP contribution in [0.4, 0.5) is 0 Å². The zero-order valence-corrected chi connectivity index (χ0v) is 23.3. The van der Waals surface area contributed by atoms with E-state index in [-0.39, 0.29) is 16.4 Å².